The quantitative estimate of drug-likeness (QED) is 0.469. The smallest absolute Gasteiger partial charge is 0.461 e. The van der Waals surface area contributed by atoms with E-state index in [-0.39, 0.29) is 0 Å². The van der Waals surface area contributed by atoms with Gasteiger partial charge in [0.15, 0.2) is 0 Å². The van der Waals surface area contributed by atoms with E-state index in [0.29, 0.717) is 0 Å². The SMILES string of the molecule is C#CC(C)(O)CCOC(=O)C(F)(OF)C(F)(F)F. The van der Waals surface area contributed by atoms with E-state index < -0.39 is 36.6 Å². The van der Waals surface area contributed by atoms with Crippen LogP contribution in [0.1, 0.15) is 13.3 Å². The molecule has 104 valence electrons. The number of esters is 1. The molecule has 0 heterocycles. The maximum absolute atomic E-state index is 12.8. The van der Waals surface area contributed by atoms with Crippen molar-refractivity contribution in [2.24, 2.45) is 0 Å². The molecule has 0 aliphatic heterocycles. The molecular weight excluding hydrogens is 267 g/mol. The number of hydrogen-bond acceptors (Lipinski definition) is 4. The summed E-state index contributed by atoms with van der Waals surface area (Å²) in [7, 11) is 0. The lowest BCUT2D eigenvalue weighted by molar-refractivity contribution is -0.387. The average molecular weight is 276 g/mol. The highest BCUT2D eigenvalue weighted by molar-refractivity contribution is 5.78. The molecule has 18 heavy (non-hydrogen) atoms. The van der Waals surface area contributed by atoms with Gasteiger partial charge in [-0.15, -0.1) is 11.4 Å². The summed E-state index contributed by atoms with van der Waals surface area (Å²) < 4.78 is 64.0. The van der Waals surface area contributed by atoms with Gasteiger partial charge in [0, 0.05) is 6.42 Å². The van der Waals surface area contributed by atoms with Crippen LogP contribution >= 0.6 is 0 Å². The Morgan fingerprint density at radius 3 is 2.22 bits per heavy atom. The largest absolute Gasteiger partial charge is 0.463 e. The van der Waals surface area contributed by atoms with Gasteiger partial charge >= 0.3 is 18.0 Å². The van der Waals surface area contributed by atoms with Gasteiger partial charge in [-0.3, -0.25) is 0 Å². The lowest BCUT2D eigenvalue weighted by atomic mass is 10.1. The van der Waals surface area contributed by atoms with Crippen molar-refractivity contribution in [3.8, 4) is 12.3 Å². The molecule has 0 aromatic heterocycles. The Hall–Kier alpha value is -1.40. The molecular formula is C9H9F5O4. The third-order valence-electron chi connectivity index (χ3n) is 1.87. The fraction of sp³-hybridized carbons (Fsp3) is 0.667. The van der Waals surface area contributed by atoms with E-state index >= 15 is 0 Å². The zero-order valence-electron chi connectivity index (χ0n) is 9.05. The summed E-state index contributed by atoms with van der Waals surface area (Å²) in [5.41, 5.74) is -1.76. The standard InChI is InChI=1S/C9H9F5O4/c1-3-7(2,16)4-5-17-6(15)8(10,18-14)9(11,12)13/h1,16H,4-5H2,2H3. The van der Waals surface area contributed by atoms with Crippen molar-refractivity contribution in [3.63, 3.8) is 0 Å². The highest BCUT2D eigenvalue weighted by atomic mass is 19.4. The maximum atomic E-state index is 12.8. The van der Waals surface area contributed by atoms with Crippen molar-refractivity contribution in [3.05, 3.63) is 0 Å². The molecule has 0 bridgehead atoms. The van der Waals surface area contributed by atoms with Crippen LogP contribution in [0.15, 0.2) is 0 Å². The Bertz CT molecular complexity index is 346. The zero-order valence-corrected chi connectivity index (χ0v) is 9.05. The van der Waals surface area contributed by atoms with Crippen LogP contribution in [-0.4, -0.2) is 35.3 Å². The molecule has 0 aliphatic carbocycles. The molecule has 0 spiro atoms. The van der Waals surface area contributed by atoms with Gasteiger partial charge in [0.2, 0.25) is 0 Å². The molecule has 4 nitrogen and oxygen atoms in total. The van der Waals surface area contributed by atoms with Gasteiger partial charge in [-0.2, -0.15) is 17.6 Å². The predicted molar refractivity (Wildman–Crippen MR) is 47.1 cm³/mol. The first-order valence-electron chi connectivity index (χ1n) is 4.43. The first-order chi connectivity index (χ1) is 8.00. The molecule has 0 radical (unpaired) electrons. The van der Waals surface area contributed by atoms with E-state index in [1.807, 2.05) is 10.9 Å². The fourth-order valence-corrected chi connectivity index (χ4v) is 0.698. The molecule has 2 atom stereocenters. The molecule has 9 heteroatoms. The van der Waals surface area contributed by atoms with Crippen molar-refractivity contribution < 1.29 is 41.7 Å². The van der Waals surface area contributed by atoms with E-state index in [0.717, 1.165) is 6.92 Å². The summed E-state index contributed by atoms with van der Waals surface area (Å²) in [4.78, 5) is 12.7. The monoisotopic (exact) mass is 276 g/mol. The first kappa shape index (κ1) is 16.6. The third kappa shape index (κ3) is 3.82. The summed E-state index contributed by atoms with van der Waals surface area (Å²) in [6.45, 7) is 0.264. The predicted octanol–water partition coefficient (Wildman–Crippen LogP) is 1.43. The minimum Gasteiger partial charge on any atom is -0.461 e. The lowest BCUT2D eigenvalue weighted by Gasteiger charge is -2.22. The highest BCUT2D eigenvalue weighted by Gasteiger charge is 2.67. The molecule has 0 rings (SSSR count). The van der Waals surface area contributed by atoms with E-state index in [9.17, 15) is 32.0 Å². The number of ether oxygens (including phenoxy) is 1. The zero-order chi connectivity index (χ0) is 14.6. The van der Waals surface area contributed by atoms with Crippen LogP contribution in [0.3, 0.4) is 0 Å². The number of terminal acetylenes is 1. The van der Waals surface area contributed by atoms with Gasteiger partial charge in [0.05, 0.1) is 6.61 Å². The Kier molecular flexibility index (Phi) is 5.07. The van der Waals surface area contributed by atoms with Crippen LogP contribution in [0.5, 0.6) is 0 Å². The number of rotatable bonds is 5. The fourth-order valence-electron chi connectivity index (χ4n) is 0.698. The van der Waals surface area contributed by atoms with Crippen molar-refractivity contribution in [2.75, 3.05) is 6.61 Å². The Morgan fingerprint density at radius 2 is 1.89 bits per heavy atom. The summed E-state index contributed by atoms with van der Waals surface area (Å²) in [5, 5.41) is 9.21. The second kappa shape index (κ2) is 5.49. The molecule has 0 aromatic carbocycles. The third-order valence-corrected chi connectivity index (χ3v) is 1.87. The molecule has 0 fully saturated rings. The van der Waals surface area contributed by atoms with Crippen LogP contribution in [0, 0.1) is 12.3 Å². The van der Waals surface area contributed by atoms with E-state index in [1.54, 1.807) is 0 Å². The van der Waals surface area contributed by atoms with Gasteiger partial charge in [-0.1, -0.05) is 5.92 Å². The molecule has 0 saturated carbocycles. The number of carbonyl (C=O) groups excluding carboxylic acids is 1. The van der Waals surface area contributed by atoms with Crippen molar-refractivity contribution >= 4 is 5.97 Å². The second-order valence-electron chi connectivity index (χ2n) is 3.47. The lowest BCUT2D eigenvalue weighted by Crippen LogP contribution is -2.50. The minimum atomic E-state index is -5.94. The topological polar surface area (TPSA) is 55.8 Å². The molecule has 0 amide bonds. The highest BCUT2D eigenvalue weighted by Crippen LogP contribution is 2.36. The summed E-state index contributed by atoms with van der Waals surface area (Å²) in [5.74, 6) is -5.98. The number of halogens is 5. The van der Waals surface area contributed by atoms with Crippen molar-refractivity contribution in [2.45, 2.75) is 31.0 Å². The Morgan fingerprint density at radius 1 is 1.39 bits per heavy atom. The number of alkyl halides is 4. The minimum absolute atomic E-state index is 0.463. The summed E-state index contributed by atoms with van der Waals surface area (Å²) in [6, 6.07) is 0. The molecule has 1 N–H and O–H groups in total. The van der Waals surface area contributed by atoms with Crippen LogP contribution in [0.2, 0.25) is 0 Å². The van der Waals surface area contributed by atoms with E-state index in [4.69, 9.17) is 6.42 Å². The molecule has 0 aliphatic rings. The van der Waals surface area contributed by atoms with E-state index in [2.05, 4.69) is 4.74 Å². The average Bonchev–Trinajstić information content (AvgIpc) is 2.25. The van der Waals surface area contributed by atoms with Crippen LogP contribution in [0.4, 0.5) is 22.1 Å². The molecule has 0 saturated heterocycles. The van der Waals surface area contributed by atoms with Crippen LogP contribution in [-0.2, 0) is 14.5 Å². The van der Waals surface area contributed by atoms with Gasteiger partial charge in [0.25, 0.3) is 0 Å². The normalized spacial score (nSPS) is 18.3. The second-order valence-corrected chi connectivity index (χ2v) is 3.47. The van der Waals surface area contributed by atoms with Gasteiger partial charge in [-0.05, 0) is 11.4 Å². The molecule has 0 aromatic rings. The number of hydrogen-bond donors (Lipinski definition) is 1. The first-order valence-corrected chi connectivity index (χ1v) is 4.43. The molecule has 2 unspecified atom stereocenters. The van der Waals surface area contributed by atoms with Crippen LogP contribution in [0.25, 0.3) is 0 Å². The van der Waals surface area contributed by atoms with Crippen molar-refractivity contribution in [1.82, 2.24) is 0 Å². The summed E-state index contributed by atoms with van der Waals surface area (Å²) in [6.07, 6.45) is -1.57. The van der Waals surface area contributed by atoms with Gasteiger partial charge in [0.1, 0.15) is 5.60 Å². The van der Waals surface area contributed by atoms with E-state index in [1.165, 1.54) is 0 Å². The maximum Gasteiger partial charge on any atom is 0.463 e. The van der Waals surface area contributed by atoms with Gasteiger partial charge in [-0.25, -0.2) is 4.79 Å². The Labute approximate surface area is 98.6 Å². The summed E-state index contributed by atoms with van der Waals surface area (Å²) >= 11 is 0. The number of aliphatic hydroxyl groups is 1. The van der Waals surface area contributed by atoms with Crippen LogP contribution < -0.4 is 0 Å². The Balaban J connectivity index is 4.55. The van der Waals surface area contributed by atoms with Crippen molar-refractivity contribution in [1.29, 1.82) is 0 Å². The van der Waals surface area contributed by atoms with Gasteiger partial charge < -0.3 is 9.84 Å². The number of carbonyl (C=O) groups is 1.